The molecular formula is C14H11FN2O4. The fourth-order valence-corrected chi connectivity index (χ4v) is 1.84. The number of rotatable bonds is 4. The lowest BCUT2D eigenvalue weighted by Gasteiger charge is -2.10. The molecule has 0 saturated heterocycles. The molecule has 2 N–H and O–H groups in total. The zero-order valence-electron chi connectivity index (χ0n) is 11.0. The maximum Gasteiger partial charge on any atom is 0.335 e. The van der Waals surface area contributed by atoms with Gasteiger partial charge in [-0.05, 0) is 42.8 Å². The quantitative estimate of drug-likeness (QED) is 0.664. The van der Waals surface area contributed by atoms with E-state index in [-0.39, 0.29) is 16.9 Å². The second kappa shape index (κ2) is 5.58. The molecule has 0 amide bonds. The first-order valence-electron chi connectivity index (χ1n) is 5.93. The molecule has 0 aromatic heterocycles. The predicted molar refractivity (Wildman–Crippen MR) is 74.5 cm³/mol. The van der Waals surface area contributed by atoms with Crippen molar-refractivity contribution < 1.29 is 19.2 Å². The summed E-state index contributed by atoms with van der Waals surface area (Å²) in [6.45, 7) is 1.64. The number of hydrogen-bond donors (Lipinski definition) is 2. The maximum atomic E-state index is 13.1. The molecule has 0 aliphatic heterocycles. The van der Waals surface area contributed by atoms with E-state index in [1.54, 1.807) is 6.92 Å². The van der Waals surface area contributed by atoms with Crippen LogP contribution in [0.4, 0.5) is 21.5 Å². The lowest BCUT2D eigenvalue weighted by Crippen LogP contribution is -2.02. The van der Waals surface area contributed by atoms with Crippen molar-refractivity contribution in [2.75, 3.05) is 5.32 Å². The van der Waals surface area contributed by atoms with Crippen LogP contribution in [0.2, 0.25) is 0 Å². The second-order valence-electron chi connectivity index (χ2n) is 4.38. The van der Waals surface area contributed by atoms with Gasteiger partial charge in [-0.3, -0.25) is 10.1 Å². The Morgan fingerprint density at radius 3 is 2.52 bits per heavy atom. The van der Waals surface area contributed by atoms with Gasteiger partial charge in [-0.2, -0.15) is 0 Å². The highest BCUT2D eigenvalue weighted by Gasteiger charge is 2.17. The highest BCUT2D eigenvalue weighted by Crippen LogP contribution is 2.30. The normalized spacial score (nSPS) is 10.2. The van der Waals surface area contributed by atoms with E-state index in [9.17, 15) is 19.3 Å². The summed E-state index contributed by atoms with van der Waals surface area (Å²) in [5.74, 6) is -1.62. The van der Waals surface area contributed by atoms with Crippen molar-refractivity contribution in [2.45, 2.75) is 6.92 Å². The Kier molecular flexibility index (Phi) is 3.84. The molecule has 0 bridgehead atoms. The fourth-order valence-electron chi connectivity index (χ4n) is 1.84. The summed E-state index contributed by atoms with van der Waals surface area (Å²) >= 11 is 0. The number of anilines is 2. The highest BCUT2D eigenvalue weighted by atomic mass is 19.1. The number of nitrogens with one attached hydrogen (secondary N) is 1. The number of carboxylic acids is 1. The monoisotopic (exact) mass is 290 g/mol. The number of carboxylic acid groups (broad SMARTS) is 1. The molecule has 0 atom stereocenters. The molecule has 2 rings (SSSR count). The minimum Gasteiger partial charge on any atom is -0.478 e. The first-order chi connectivity index (χ1) is 9.88. The molecule has 0 heterocycles. The number of nitro groups is 1. The lowest BCUT2D eigenvalue weighted by atomic mass is 10.1. The number of halogens is 1. The molecule has 0 fully saturated rings. The molecule has 6 nitrogen and oxygen atoms in total. The largest absolute Gasteiger partial charge is 0.478 e. The molecule has 108 valence electrons. The van der Waals surface area contributed by atoms with E-state index >= 15 is 0 Å². The minimum absolute atomic E-state index is 0.0367. The Bertz CT molecular complexity index is 731. The summed E-state index contributed by atoms with van der Waals surface area (Å²) in [6, 6.07) is 7.36. The first kappa shape index (κ1) is 14.4. The first-order valence-corrected chi connectivity index (χ1v) is 5.93. The standard InChI is InChI=1S/C14H11FN2O4/c1-8-6-10(15)3-4-11(8)16-12-7-9(14(18)19)2-5-13(12)17(20)21/h2-7,16H,1H3,(H,18,19). The van der Waals surface area contributed by atoms with Crippen LogP contribution in [-0.4, -0.2) is 16.0 Å². The number of benzene rings is 2. The smallest absolute Gasteiger partial charge is 0.335 e. The Hall–Kier alpha value is -2.96. The molecular weight excluding hydrogens is 279 g/mol. The third kappa shape index (κ3) is 3.14. The molecule has 0 unspecified atom stereocenters. The van der Waals surface area contributed by atoms with Gasteiger partial charge in [-0.1, -0.05) is 0 Å². The number of carbonyl (C=O) groups is 1. The van der Waals surface area contributed by atoms with Gasteiger partial charge in [0.05, 0.1) is 10.5 Å². The van der Waals surface area contributed by atoms with Crippen LogP contribution in [0.15, 0.2) is 36.4 Å². The van der Waals surface area contributed by atoms with Crippen molar-refractivity contribution in [3.05, 3.63) is 63.5 Å². The Morgan fingerprint density at radius 2 is 1.95 bits per heavy atom. The van der Waals surface area contributed by atoms with Gasteiger partial charge in [0.1, 0.15) is 11.5 Å². The summed E-state index contributed by atoms with van der Waals surface area (Å²) in [5.41, 5.74) is 0.702. The number of nitro benzene ring substituents is 1. The molecule has 0 saturated carbocycles. The number of aromatic carboxylic acids is 1. The number of nitrogens with zero attached hydrogens (tertiary/aromatic N) is 1. The Labute approximate surface area is 119 Å². The molecule has 7 heteroatoms. The van der Waals surface area contributed by atoms with Crippen LogP contribution >= 0.6 is 0 Å². The third-order valence-electron chi connectivity index (χ3n) is 2.90. The van der Waals surface area contributed by atoms with Crippen LogP contribution in [0.3, 0.4) is 0 Å². The third-order valence-corrected chi connectivity index (χ3v) is 2.90. The summed E-state index contributed by atoms with van der Waals surface area (Å²) < 4.78 is 13.1. The number of aryl methyl sites for hydroxylation is 1. The van der Waals surface area contributed by atoms with Crippen LogP contribution in [0.25, 0.3) is 0 Å². The molecule has 0 radical (unpaired) electrons. The molecule has 0 aliphatic rings. The maximum absolute atomic E-state index is 13.1. The molecule has 2 aromatic rings. The topological polar surface area (TPSA) is 92.5 Å². The summed E-state index contributed by atoms with van der Waals surface area (Å²) in [6.07, 6.45) is 0. The van der Waals surface area contributed by atoms with E-state index in [1.807, 2.05) is 0 Å². The average molecular weight is 290 g/mol. The van der Waals surface area contributed by atoms with E-state index in [4.69, 9.17) is 5.11 Å². The number of hydrogen-bond acceptors (Lipinski definition) is 4. The van der Waals surface area contributed by atoms with Crippen molar-refractivity contribution in [3.63, 3.8) is 0 Å². The van der Waals surface area contributed by atoms with Crippen LogP contribution in [0.1, 0.15) is 15.9 Å². The van der Waals surface area contributed by atoms with E-state index in [2.05, 4.69) is 5.32 Å². The lowest BCUT2D eigenvalue weighted by molar-refractivity contribution is -0.383. The van der Waals surface area contributed by atoms with E-state index in [0.717, 1.165) is 12.1 Å². The van der Waals surface area contributed by atoms with E-state index in [1.165, 1.54) is 24.3 Å². The van der Waals surface area contributed by atoms with Crippen molar-refractivity contribution in [2.24, 2.45) is 0 Å². The van der Waals surface area contributed by atoms with Gasteiger partial charge < -0.3 is 10.4 Å². The summed E-state index contributed by atoms with van der Waals surface area (Å²) in [5, 5.41) is 22.7. The van der Waals surface area contributed by atoms with Crippen LogP contribution in [0, 0.1) is 22.9 Å². The van der Waals surface area contributed by atoms with E-state index < -0.39 is 16.7 Å². The van der Waals surface area contributed by atoms with Gasteiger partial charge >= 0.3 is 5.97 Å². The zero-order chi connectivity index (χ0) is 15.6. The minimum atomic E-state index is -1.19. The van der Waals surface area contributed by atoms with E-state index in [0.29, 0.717) is 11.3 Å². The van der Waals surface area contributed by atoms with Crippen LogP contribution < -0.4 is 5.32 Å². The van der Waals surface area contributed by atoms with Crippen LogP contribution in [0.5, 0.6) is 0 Å². The van der Waals surface area contributed by atoms with Crippen molar-refractivity contribution in [1.29, 1.82) is 0 Å². The Balaban J connectivity index is 2.48. The summed E-state index contributed by atoms with van der Waals surface area (Å²) in [4.78, 5) is 21.3. The fraction of sp³-hybridized carbons (Fsp3) is 0.0714. The average Bonchev–Trinajstić information content (AvgIpc) is 2.41. The molecule has 0 aliphatic carbocycles. The predicted octanol–water partition coefficient (Wildman–Crippen LogP) is 3.48. The van der Waals surface area contributed by atoms with Crippen molar-refractivity contribution in [3.8, 4) is 0 Å². The van der Waals surface area contributed by atoms with Crippen molar-refractivity contribution in [1.82, 2.24) is 0 Å². The zero-order valence-corrected chi connectivity index (χ0v) is 11.0. The van der Waals surface area contributed by atoms with Gasteiger partial charge in [0.2, 0.25) is 0 Å². The van der Waals surface area contributed by atoms with Gasteiger partial charge in [0.15, 0.2) is 0 Å². The molecule has 2 aromatic carbocycles. The highest BCUT2D eigenvalue weighted by molar-refractivity contribution is 5.90. The van der Waals surface area contributed by atoms with Gasteiger partial charge in [0.25, 0.3) is 5.69 Å². The van der Waals surface area contributed by atoms with Crippen LogP contribution in [-0.2, 0) is 0 Å². The Morgan fingerprint density at radius 1 is 1.24 bits per heavy atom. The van der Waals surface area contributed by atoms with Gasteiger partial charge in [-0.15, -0.1) is 0 Å². The molecule has 21 heavy (non-hydrogen) atoms. The second-order valence-corrected chi connectivity index (χ2v) is 4.38. The SMILES string of the molecule is Cc1cc(F)ccc1Nc1cc(C(=O)O)ccc1[N+](=O)[O-]. The molecule has 0 spiro atoms. The van der Waals surface area contributed by atoms with Gasteiger partial charge in [-0.25, -0.2) is 9.18 Å². The summed E-state index contributed by atoms with van der Waals surface area (Å²) in [7, 11) is 0. The van der Waals surface area contributed by atoms with Crippen molar-refractivity contribution >= 4 is 23.0 Å². The van der Waals surface area contributed by atoms with Gasteiger partial charge in [0, 0.05) is 11.8 Å².